The normalized spacial score (nSPS) is 11.5. The summed E-state index contributed by atoms with van der Waals surface area (Å²) in [5.41, 5.74) is -0.349. The number of Topliss-reactive ketones (excluding diaryl/α,β-unsaturated/α-hetero) is 1. The zero-order valence-corrected chi connectivity index (χ0v) is 8.87. The Morgan fingerprint density at radius 1 is 1.43 bits per heavy atom. The van der Waals surface area contributed by atoms with E-state index in [1.807, 2.05) is 15.9 Å². The topological polar surface area (TPSA) is 17.1 Å². The Hall–Kier alpha value is -0.550. The molecule has 76 valence electrons. The highest BCUT2D eigenvalue weighted by Crippen LogP contribution is 2.28. The van der Waals surface area contributed by atoms with Crippen LogP contribution in [0.25, 0.3) is 0 Å². The van der Waals surface area contributed by atoms with Crippen LogP contribution in [0.2, 0.25) is 5.02 Å². The van der Waals surface area contributed by atoms with Gasteiger partial charge in [0.25, 0.3) is 0 Å². The van der Waals surface area contributed by atoms with Crippen LogP contribution in [-0.2, 0) is 0 Å². The molecule has 0 aliphatic carbocycles. The molecule has 6 heteroatoms. The summed E-state index contributed by atoms with van der Waals surface area (Å²) in [5, 5.41) is -0.368. The van der Waals surface area contributed by atoms with Crippen molar-refractivity contribution in [3.63, 3.8) is 0 Å². The highest BCUT2D eigenvalue weighted by molar-refractivity contribution is 9.10. The van der Waals surface area contributed by atoms with E-state index in [-0.39, 0.29) is 10.6 Å². The largest absolute Gasteiger partial charge is 0.363 e. The van der Waals surface area contributed by atoms with Gasteiger partial charge in [0.2, 0.25) is 5.78 Å². The van der Waals surface area contributed by atoms with E-state index in [1.165, 1.54) is 0 Å². The number of halogens is 5. The monoisotopic (exact) mass is 286 g/mol. The van der Waals surface area contributed by atoms with Crippen LogP contribution in [0.15, 0.2) is 18.2 Å². The lowest BCUT2D eigenvalue weighted by molar-refractivity contribution is 0.0592. The molecule has 0 bridgehead atoms. The summed E-state index contributed by atoms with van der Waals surface area (Å²) in [6, 6.07) is 2.65. The van der Waals surface area contributed by atoms with Crippen molar-refractivity contribution in [1.29, 1.82) is 0 Å². The fraction of sp³-hybridized carbons (Fsp3) is 0.125. The lowest BCUT2D eigenvalue weighted by Gasteiger charge is -2.06. The molecule has 1 nitrogen and oxygen atoms in total. The molecule has 0 heterocycles. The predicted molar refractivity (Wildman–Crippen MR) is 49.6 cm³/mol. The van der Waals surface area contributed by atoms with E-state index >= 15 is 0 Å². The molecule has 0 unspecified atom stereocenters. The van der Waals surface area contributed by atoms with Gasteiger partial charge in [0, 0.05) is 5.56 Å². The van der Waals surface area contributed by atoms with Gasteiger partial charge in [0.1, 0.15) is 5.82 Å². The maximum Gasteiger partial charge on any atom is 0.363 e. The zero-order valence-electron chi connectivity index (χ0n) is 6.53. The average molecular weight is 287 g/mol. The van der Waals surface area contributed by atoms with Crippen molar-refractivity contribution in [2.45, 2.75) is 4.83 Å². The average Bonchev–Trinajstić information content (AvgIpc) is 2.07. The number of hydrogen-bond donors (Lipinski definition) is 0. The Kier molecular flexibility index (Phi) is 3.21. The van der Waals surface area contributed by atoms with Crippen LogP contribution in [0.3, 0.4) is 0 Å². The van der Waals surface area contributed by atoms with E-state index in [1.54, 1.807) is 0 Å². The van der Waals surface area contributed by atoms with Crippen molar-refractivity contribution in [1.82, 2.24) is 0 Å². The standard InChI is InChI=1S/C8H3BrClF3O/c9-8(12,13)7(14)4-1-2-6(11)5(10)3-4/h1-3H. The first kappa shape index (κ1) is 11.5. The van der Waals surface area contributed by atoms with Gasteiger partial charge in [-0.25, -0.2) is 4.39 Å². The second kappa shape index (κ2) is 3.90. The highest BCUT2D eigenvalue weighted by Gasteiger charge is 2.35. The van der Waals surface area contributed by atoms with E-state index in [9.17, 15) is 18.0 Å². The van der Waals surface area contributed by atoms with Crippen molar-refractivity contribution >= 4 is 33.3 Å². The lowest BCUT2D eigenvalue weighted by Crippen LogP contribution is -2.20. The Labute approximate surface area is 91.0 Å². The molecule has 0 aliphatic rings. The minimum absolute atomic E-state index is 0.349. The Morgan fingerprint density at radius 3 is 2.43 bits per heavy atom. The fourth-order valence-corrected chi connectivity index (χ4v) is 1.21. The van der Waals surface area contributed by atoms with Gasteiger partial charge in [0.15, 0.2) is 0 Å². The SMILES string of the molecule is O=C(c1ccc(F)c(Cl)c1)C(F)(F)Br. The van der Waals surface area contributed by atoms with Gasteiger partial charge in [0.05, 0.1) is 5.02 Å². The first-order valence-corrected chi connectivity index (χ1v) is 4.56. The molecular formula is C8H3BrClF3O. The van der Waals surface area contributed by atoms with Crippen LogP contribution in [0.4, 0.5) is 13.2 Å². The molecular weight excluding hydrogens is 284 g/mol. The summed E-state index contributed by atoms with van der Waals surface area (Å²) in [7, 11) is 0. The molecule has 0 amide bonds. The maximum absolute atomic E-state index is 12.6. The molecule has 1 rings (SSSR count). The summed E-state index contributed by atoms with van der Waals surface area (Å²) in [6.07, 6.45) is 0. The van der Waals surface area contributed by atoms with Gasteiger partial charge in [-0.05, 0) is 34.1 Å². The molecule has 1 aromatic carbocycles. The molecule has 0 spiro atoms. The number of benzene rings is 1. The highest BCUT2D eigenvalue weighted by atomic mass is 79.9. The van der Waals surface area contributed by atoms with E-state index in [0.29, 0.717) is 0 Å². The van der Waals surface area contributed by atoms with E-state index < -0.39 is 16.4 Å². The fourth-order valence-electron chi connectivity index (χ4n) is 0.801. The molecule has 0 saturated heterocycles. The van der Waals surface area contributed by atoms with E-state index in [0.717, 1.165) is 18.2 Å². The van der Waals surface area contributed by atoms with E-state index in [2.05, 4.69) is 0 Å². The predicted octanol–water partition coefficient (Wildman–Crippen LogP) is 3.65. The summed E-state index contributed by atoms with van der Waals surface area (Å²) in [5.74, 6) is -2.22. The van der Waals surface area contributed by atoms with Crippen LogP contribution >= 0.6 is 27.5 Å². The molecule has 0 saturated carbocycles. The number of alkyl halides is 3. The van der Waals surface area contributed by atoms with Gasteiger partial charge in [-0.2, -0.15) is 8.78 Å². The van der Waals surface area contributed by atoms with Crippen molar-refractivity contribution in [3.8, 4) is 0 Å². The van der Waals surface area contributed by atoms with Crippen LogP contribution in [0.5, 0.6) is 0 Å². The smallest absolute Gasteiger partial charge is 0.286 e. The summed E-state index contributed by atoms with van der Waals surface area (Å²) >= 11 is 7.22. The van der Waals surface area contributed by atoms with Crippen molar-refractivity contribution < 1.29 is 18.0 Å². The minimum atomic E-state index is -3.66. The van der Waals surface area contributed by atoms with E-state index in [4.69, 9.17) is 11.6 Å². The van der Waals surface area contributed by atoms with Crippen LogP contribution in [0.1, 0.15) is 10.4 Å². The third-order valence-corrected chi connectivity index (χ3v) is 2.09. The molecule has 1 aromatic rings. The zero-order chi connectivity index (χ0) is 10.9. The summed E-state index contributed by atoms with van der Waals surface area (Å²) < 4.78 is 37.5. The van der Waals surface area contributed by atoms with Gasteiger partial charge in [-0.3, -0.25) is 4.79 Å². The summed E-state index contributed by atoms with van der Waals surface area (Å²) in [6.45, 7) is 0. The third-order valence-electron chi connectivity index (χ3n) is 1.44. The van der Waals surface area contributed by atoms with Gasteiger partial charge >= 0.3 is 4.83 Å². The second-order valence-corrected chi connectivity index (χ2v) is 3.86. The number of carbonyl (C=O) groups is 1. The lowest BCUT2D eigenvalue weighted by atomic mass is 10.1. The number of rotatable bonds is 2. The van der Waals surface area contributed by atoms with Crippen molar-refractivity contribution in [2.75, 3.05) is 0 Å². The first-order chi connectivity index (χ1) is 6.32. The number of hydrogen-bond acceptors (Lipinski definition) is 1. The summed E-state index contributed by atoms with van der Waals surface area (Å²) in [4.78, 5) is 7.29. The molecule has 0 N–H and O–H groups in total. The van der Waals surface area contributed by atoms with Gasteiger partial charge in [-0.1, -0.05) is 11.6 Å². The van der Waals surface area contributed by atoms with Gasteiger partial charge < -0.3 is 0 Å². The molecule has 14 heavy (non-hydrogen) atoms. The Balaban J connectivity index is 3.10. The molecule has 0 aromatic heterocycles. The van der Waals surface area contributed by atoms with Crippen molar-refractivity contribution in [3.05, 3.63) is 34.6 Å². The number of carbonyl (C=O) groups excluding carboxylic acids is 1. The molecule has 0 radical (unpaired) electrons. The number of ketones is 1. The Bertz CT molecular complexity index is 375. The minimum Gasteiger partial charge on any atom is -0.286 e. The van der Waals surface area contributed by atoms with Crippen LogP contribution < -0.4 is 0 Å². The van der Waals surface area contributed by atoms with Crippen molar-refractivity contribution in [2.24, 2.45) is 0 Å². The van der Waals surface area contributed by atoms with Gasteiger partial charge in [-0.15, -0.1) is 0 Å². The van der Waals surface area contributed by atoms with Crippen LogP contribution in [0, 0.1) is 5.82 Å². The molecule has 0 aliphatic heterocycles. The second-order valence-electron chi connectivity index (χ2n) is 2.46. The van der Waals surface area contributed by atoms with Crippen LogP contribution in [-0.4, -0.2) is 10.6 Å². The first-order valence-electron chi connectivity index (χ1n) is 3.39. The molecule has 0 atom stereocenters. The molecule has 0 fully saturated rings. The Morgan fingerprint density at radius 2 is 2.00 bits per heavy atom. The maximum atomic E-state index is 12.6. The third kappa shape index (κ3) is 2.48. The quantitative estimate of drug-likeness (QED) is 0.599.